The summed E-state index contributed by atoms with van der Waals surface area (Å²) in [7, 11) is 0. The third-order valence-electron chi connectivity index (χ3n) is 4.27. The van der Waals surface area contributed by atoms with Crippen LogP contribution in [0.5, 0.6) is 0 Å². The summed E-state index contributed by atoms with van der Waals surface area (Å²) >= 11 is 0. The minimum Gasteiger partial charge on any atom is -0.329 e. The molecule has 1 fully saturated rings. The largest absolute Gasteiger partial charge is 0.329 e. The molecule has 1 aliphatic carbocycles. The van der Waals surface area contributed by atoms with Crippen molar-refractivity contribution in [3.63, 3.8) is 0 Å². The van der Waals surface area contributed by atoms with Gasteiger partial charge >= 0.3 is 0 Å². The molecule has 3 rings (SSSR count). The number of pyridine rings is 1. The molecule has 21 heavy (non-hydrogen) atoms. The van der Waals surface area contributed by atoms with E-state index in [1.807, 2.05) is 23.8 Å². The molecule has 1 saturated carbocycles. The predicted molar refractivity (Wildman–Crippen MR) is 80.1 cm³/mol. The Bertz CT molecular complexity index is 654. The van der Waals surface area contributed by atoms with Gasteiger partial charge in [-0.2, -0.15) is 0 Å². The molecule has 0 unspecified atom stereocenters. The second kappa shape index (κ2) is 5.29. The highest BCUT2D eigenvalue weighted by Gasteiger charge is 2.43. The molecule has 6 heteroatoms. The molecule has 3 N–H and O–H groups in total. The van der Waals surface area contributed by atoms with Crippen molar-refractivity contribution in [2.75, 3.05) is 11.9 Å². The van der Waals surface area contributed by atoms with Gasteiger partial charge in [0.25, 0.3) is 0 Å². The predicted octanol–water partition coefficient (Wildman–Crippen LogP) is 1.64. The van der Waals surface area contributed by atoms with Gasteiger partial charge in [0.05, 0.1) is 11.1 Å². The summed E-state index contributed by atoms with van der Waals surface area (Å²) in [6, 6.07) is 3.66. The molecule has 0 saturated heterocycles. The van der Waals surface area contributed by atoms with Gasteiger partial charge in [-0.25, -0.2) is 9.97 Å². The van der Waals surface area contributed by atoms with E-state index in [2.05, 4.69) is 15.3 Å². The quantitative estimate of drug-likeness (QED) is 0.894. The Labute approximate surface area is 123 Å². The van der Waals surface area contributed by atoms with Crippen molar-refractivity contribution >= 4 is 11.6 Å². The second-order valence-electron chi connectivity index (χ2n) is 5.51. The van der Waals surface area contributed by atoms with Gasteiger partial charge in [0.1, 0.15) is 5.82 Å². The molecule has 2 aromatic heterocycles. The number of imidazole rings is 1. The van der Waals surface area contributed by atoms with Gasteiger partial charge in [-0.3, -0.25) is 9.36 Å². The smallest absolute Gasteiger partial charge is 0.231 e. The Hall–Kier alpha value is -2.21. The topological polar surface area (TPSA) is 85.8 Å². The van der Waals surface area contributed by atoms with Crippen molar-refractivity contribution in [1.29, 1.82) is 0 Å². The lowest BCUT2D eigenvalue weighted by Gasteiger charge is -2.39. The number of rotatable bonds is 4. The molecule has 6 nitrogen and oxygen atoms in total. The fourth-order valence-electron chi connectivity index (χ4n) is 2.67. The summed E-state index contributed by atoms with van der Waals surface area (Å²) in [5.74, 6) is 1.48. The van der Waals surface area contributed by atoms with E-state index in [4.69, 9.17) is 5.73 Å². The van der Waals surface area contributed by atoms with Crippen LogP contribution in [-0.2, 0) is 4.79 Å². The first-order valence-electron chi connectivity index (χ1n) is 7.13. The number of carbonyl (C=O) groups is 1. The lowest BCUT2D eigenvalue weighted by atomic mass is 9.68. The summed E-state index contributed by atoms with van der Waals surface area (Å²) < 4.78 is 1.85. The molecule has 110 valence electrons. The van der Waals surface area contributed by atoms with Crippen molar-refractivity contribution in [2.45, 2.75) is 26.2 Å². The van der Waals surface area contributed by atoms with Crippen molar-refractivity contribution in [3.05, 3.63) is 36.5 Å². The molecule has 1 aliphatic rings. The van der Waals surface area contributed by atoms with E-state index < -0.39 is 5.41 Å². The van der Waals surface area contributed by atoms with Crippen LogP contribution in [0, 0.1) is 12.3 Å². The monoisotopic (exact) mass is 285 g/mol. The molecule has 0 atom stereocenters. The van der Waals surface area contributed by atoms with Crippen molar-refractivity contribution in [1.82, 2.24) is 14.5 Å². The van der Waals surface area contributed by atoms with Gasteiger partial charge in [0.15, 0.2) is 5.82 Å². The highest BCUT2D eigenvalue weighted by molar-refractivity contribution is 5.97. The number of anilines is 1. The van der Waals surface area contributed by atoms with E-state index in [1.54, 1.807) is 18.5 Å². The molecule has 0 aliphatic heterocycles. The van der Waals surface area contributed by atoms with Gasteiger partial charge in [-0.1, -0.05) is 6.42 Å². The lowest BCUT2D eigenvalue weighted by molar-refractivity contribution is -0.129. The van der Waals surface area contributed by atoms with Gasteiger partial charge in [-0.05, 0) is 31.9 Å². The van der Waals surface area contributed by atoms with Gasteiger partial charge in [-0.15, -0.1) is 0 Å². The molecular formula is C15H19N5O. The van der Waals surface area contributed by atoms with Gasteiger partial charge < -0.3 is 11.1 Å². The number of carbonyl (C=O) groups excluding carboxylic acids is 1. The number of aryl methyl sites for hydroxylation is 1. The Kier molecular flexibility index (Phi) is 3.47. The van der Waals surface area contributed by atoms with Crippen LogP contribution in [-0.4, -0.2) is 27.0 Å². The normalized spacial score (nSPS) is 16.3. The van der Waals surface area contributed by atoms with Crippen LogP contribution in [0.2, 0.25) is 0 Å². The number of nitrogens with one attached hydrogen (secondary N) is 1. The van der Waals surface area contributed by atoms with Crippen LogP contribution in [0.15, 0.2) is 30.7 Å². The number of aromatic nitrogens is 3. The highest BCUT2D eigenvalue weighted by Crippen LogP contribution is 2.41. The minimum atomic E-state index is -0.406. The van der Waals surface area contributed by atoms with Crippen LogP contribution < -0.4 is 11.1 Å². The van der Waals surface area contributed by atoms with E-state index in [1.165, 1.54) is 0 Å². The summed E-state index contributed by atoms with van der Waals surface area (Å²) in [6.45, 7) is 2.28. The molecule has 2 heterocycles. The van der Waals surface area contributed by atoms with E-state index in [0.29, 0.717) is 18.1 Å². The van der Waals surface area contributed by atoms with E-state index in [9.17, 15) is 4.79 Å². The highest BCUT2D eigenvalue weighted by atomic mass is 16.2. The minimum absolute atomic E-state index is 0.0109. The maximum absolute atomic E-state index is 12.5. The molecule has 2 aromatic rings. The maximum Gasteiger partial charge on any atom is 0.231 e. The number of hydrogen-bond acceptors (Lipinski definition) is 4. The van der Waals surface area contributed by atoms with E-state index in [0.717, 1.165) is 25.1 Å². The summed E-state index contributed by atoms with van der Waals surface area (Å²) in [5.41, 5.74) is 6.07. The number of nitrogens with zero attached hydrogens (tertiary/aromatic N) is 3. The SMILES string of the molecule is Cc1nccn1-c1ncccc1NC(=O)C1(CN)CCC1. The summed E-state index contributed by atoms with van der Waals surface area (Å²) in [4.78, 5) is 21.1. The Morgan fingerprint density at radius 1 is 1.43 bits per heavy atom. The fraction of sp³-hybridized carbons (Fsp3) is 0.400. The number of nitrogens with two attached hydrogens (primary N) is 1. The maximum atomic E-state index is 12.5. The van der Waals surface area contributed by atoms with Crippen LogP contribution in [0.25, 0.3) is 5.82 Å². The van der Waals surface area contributed by atoms with Crippen molar-refractivity contribution in [2.24, 2.45) is 11.1 Å². The third-order valence-corrected chi connectivity index (χ3v) is 4.27. The standard InChI is InChI=1S/C15H19N5O/c1-11-17-8-9-20(11)13-12(4-2-7-18-13)19-14(21)15(10-16)5-3-6-15/h2,4,7-9H,3,5-6,10,16H2,1H3,(H,19,21). The van der Waals surface area contributed by atoms with Gasteiger partial charge in [0.2, 0.25) is 5.91 Å². The zero-order chi connectivity index (χ0) is 14.9. The van der Waals surface area contributed by atoms with Crippen LogP contribution in [0.3, 0.4) is 0 Å². The third kappa shape index (κ3) is 2.31. The first-order chi connectivity index (χ1) is 10.2. The van der Waals surface area contributed by atoms with Crippen LogP contribution >= 0.6 is 0 Å². The second-order valence-corrected chi connectivity index (χ2v) is 5.51. The zero-order valence-electron chi connectivity index (χ0n) is 12.0. The zero-order valence-corrected chi connectivity index (χ0v) is 12.0. The van der Waals surface area contributed by atoms with E-state index in [-0.39, 0.29) is 5.91 Å². The fourth-order valence-corrected chi connectivity index (χ4v) is 2.67. The first-order valence-corrected chi connectivity index (χ1v) is 7.13. The van der Waals surface area contributed by atoms with Crippen molar-refractivity contribution in [3.8, 4) is 5.82 Å². The number of amides is 1. The average Bonchev–Trinajstić information content (AvgIpc) is 2.85. The molecule has 0 bridgehead atoms. The Morgan fingerprint density at radius 2 is 2.24 bits per heavy atom. The average molecular weight is 285 g/mol. The van der Waals surface area contributed by atoms with Crippen LogP contribution in [0.4, 0.5) is 5.69 Å². The molecular weight excluding hydrogens is 266 g/mol. The molecule has 0 aromatic carbocycles. The first kappa shape index (κ1) is 13.8. The lowest BCUT2D eigenvalue weighted by Crippen LogP contribution is -2.47. The Morgan fingerprint density at radius 3 is 2.81 bits per heavy atom. The Balaban J connectivity index is 1.90. The molecule has 1 amide bonds. The van der Waals surface area contributed by atoms with Crippen molar-refractivity contribution < 1.29 is 4.79 Å². The number of hydrogen-bond donors (Lipinski definition) is 2. The molecule has 0 spiro atoms. The van der Waals surface area contributed by atoms with E-state index >= 15 is 0 Å². The molecule has 0 radical (unpaired) electrons. The van der Waals surface area contributed by atoms with Crippen LogP contribution in [0.1, 0.15) is 25.1 Å². The van der Waals surface area contributed by atoms with Gasteiger partial charge in [0, 0.05) is 25.1 Å². The summed E-state index contributed by atoms with van der Waals surface area (Å²) in [6.07, 6.45) is 8.01. The summed E-state index contributed by atoms with van der Waals surface area (Å²) in [5, 5.41) is 2.99.